The number of anilines is 1. The second kappa shape index (κ2) is 5.30. The van der Waals surface area contributed by atoms with Gasteiger partial charge in [-0.1, -0.05) is 30.3 Å². The summed E-state index contributed by atoms with van der Waals surface area (Å²) in [6.07, 6.45) is -4.37. The summed E-state index contributed by atoms with van der Waals surface area (Å²) in [4.78, 5) is 12.4. The van der Waals surface area contributed by atoms with Gasteiger partial charge in [-0.3, -0.25) is 4.79 Å². The maximum atomic E-state index is 12.4. The summed E-state index contributed by atoms with van der Waals surface area (Å²) in [5.41, 5.74) is 1.01. The second-order valence-electron chi connectivity index (χ2n) is 5.70. The molecule has 6 heteroatoms. The topological polar surface area (TPSA) is 38.3 Å². The van der Waals surface area contributed by atoms with E-state index in [1.54, 1.807) is 6.92 Å². The smallest absolute Gasteiger partial charge is 0.406 e. The maximum absolute atomic E-state index is 12.4. The third kappa shape index (κ3) is 3.02. The van der Waals surface area contributed by atoms with Crippen molar-refractivity contribution in [3.8, 4) is 5.75 Å². The first-order chi connectivity index (χ1) is 10.8. The lowest BCUT2D eigenvalue weighted by molar-refractivity contribution is -0.274. The molecule has 0 saturated carbocycles. The number of nitrogens with one attached hydrogen (secondary N) is 1. The van der Waals surface area contributed by atoms with Crippen LogP contribution in [0.5, 0.6) is 5.75 Å². The monoisotopic (exact) mass is 321 g/mol. The molecule has 3 rings (SSSR count). The standard InChI is InChI=1S/C17H14F3NO2/c1-16(10-11-5-3-2-4-6-11)13-9-12(23-17(18,19)20)7-8-14(13)21-15(16)22/h2-9H,10H2,1H3,(H,21,22). The van der Waals surface area contributed by atoms with Crippen molar-refractivity contribution >= 4 is 11.6 Å². The van der Waals surface area contributed by atoms with Crippen LogP contribution in [0.4, 0.5) is 18.9 Å². The first-order valence-corrected chi connectivity index (χ1v) is 7.04. The fourth-order valence-corrected chi connectivity index (χ4v) is 2.85. The SMILES string of the molecule is CC1(Cc2ccccc2)C(=O)Nc2ccc(OC(F)(F)F)cc21. The highest BCUT2D eigenvalue weighted by molar-refractivity contribution is 6.06. The van der Waals surface area contributed by atoms with Crippen molar-refractivity contribution in [3.05, 3.63) is 59.7 Å². The van der Waals surface area contributed by atoms with E-state index in [-0.39, 0.29) is 11.7 Å². The zero-order valence-electron chi connectivity index (χ0n) is 12.3. The van der Waals surface area contributed by atoms with Crippen LogP contribution in [-0.4, -0.2) is 12.3 Å². The van der Waals surface area contributed by atoms with Gasteiger partial charge < -0.3 is 10.1 Å². The predicted octanol–water partition coefficient (Wildman–Crippen LogP) is 4.04. The number of amides is 1. The van der Waals surface area contributed by atoms with Gasteiger partial charge in [-0.05, 0) is 42.7 Å². The minimum absolute atomic E-state index is 0.236. The summed E-state index contributed by atoms with van der Waals surface area (Å²) in [7, 11) is 0. The molecular formula is C17H14F3NO2. The highest BCUT2D eigenvalue weighted by Gasteiger charge is 2.43. The Morgan fingerprint density at radius 2 is 1.83 bits per heavy atom. The normalized spacial score (nSPS) is 20.1. The number of carbonyl (C=O) groups excluding carboxylic acids is 1. The molecular weight excluding hydrogens is 307 g/mol. The Hall–Kier alpha value is -2.50. The van der Waals surface area contributed by atoms with Crippen molar-refractivity contribution in [1.29, 1.82) is 0 Å². The third-order valence-corrected chi connectivity index (χ3v) is 3.97. The second-order valence-corrected chi connectivity index (χ2v) is 5.70. The molecule has 23 heavy (non-hydrogen) atoms. The fraction of sp³-hybridized carbons (Fsp3) is 0.235. The van der Waals surface area contributed by atoms with E-state index in [1.165, 1.54) is 18.2 Å². The van der Waals surface area contributed by atoms with Gasteiger partial charge in [0.25, 0.3) is 0 Å². The number of benzene rings is 2. The van der Waals surface area contributed by atoms with Gasteiger partial charge in [0.1, 0.15) is 5.75 Å². The molecule has 1 amide bonds. The molecule has 3 nitrogen and oxygen atoms in total. The summed E-state index contributed by atoms with van der Waals surface area (Å²) >= 11 is 0. The Morgan fingerprint density at radius 3 is 2.48 bits per heavy atom. The van der Waals surface area contributed by atoms with Gasteiger partial charge in [0.2, 0.25) is 5.91 Å². The Labute approximate surface area is 131 Å². The van der Waals surface area contributed by atoms with Crippen molar-refractivity contribution in [2.45, 2.75) is 25.1 Å². The summed E-state index contributed by atoms with van der Waals surface area (Å²) in [5.74, 6) is -0.562. The van der Waals surface area contributed by atoms with Crippen molar-refractivity contribution in [3.63, 3.8) is 0 Å². The molecule has 0 spiro atoms. The van der Waals surface area contributed by atoms with Gasteiger partial charge in [0.15, 0.2) is 0 Å². The Morgan fingerprint density at radius 1 is 1.13 bits per heavy atom. The molecule has 0 aliphatic carbocycles. The van der Waals surface area contributed by atoms with Gasteiger partial charge in [0, 0.05) is 5.69 Å². The van der Waals surface area contributed by atoms with Gasteiger partial charge in [-0.2, -0.15) is 0 Å². The molecule has 2 aromatic rings. The molecule has 2 aromatic carbocycles. The molecule has 0 radical (unpaired) electrons. The number of alkyl halides is 3. The molecule has 1 aliphatic heterocycles. The highest BCUT2D eigenvalue weighted by atomic mass is 19.4. The van der Waals surface area contributed by atoms with E-state index in [9.17, 15) is 18.0 Å². The highest BCUT2D eigenvalue weighted by Crippen LogP contribution is 2.42. The third-order valence-electron chi connectivity index (χ3n) is 3.97. The molecule has 120 valence electrons. The number of fused-ring (bicyclic) bond motifs is 1. The maximum Gasteiger partial charge on any atom is 0.573 e. The zero-order chi connectivity index (χ0) is 16.7. The Bertz CT molecular complexity index is 743. The molecule has 1 heterocycles. The minimum atomic E-state index is -4.76. The van der Waals surface area contributed by atoms with Gasteiger partial charge in [0.05, 0.1) is 5.41 Å². The summed E-state index contributed by atoms with van der Waals surface area (Å²) in [6, 6.07) is 13.3. The van der Waals surface area contributed by atoms with Crippen LogP contribution in [0.1, 0.15) is 18.1 Å². The van der Waals surface area contributed by atoms with Crippen molar-refractivity contribution < 1.29 is 22.7 Å². The minimum Gasteiger partial charge on any atom is -0.406 e. The molecule has 0 saturated heterocycles. The first-order valence-electron chi connectivity index (χ1n) is 7.04. The summed E-state index contributed by atoms with van der Waals surface area (Å²) in [6.45, 7) is 1.72. The van der Waals surface area contributed by atoms with Crippen molar-refractivity contribution in [2.24, 2.45) is 0 Å². The molecule has 1 unspecified atom stereocenters. The van der Waals surface area contributed by atoms with Crippen LogP contribution in [0.15, 0.2) is 48.5 Å². The fourth-order valence-electron chi connectivity index (χ4n) is 2.85. The van der Waals surface area contributed by atoms with Crippen molar-refractivity contribution in [2.75, 3.05) is 5.32 Å². The number of carbonyl (C=O) groups is 1. The molecule has 0 bridgehead atoms. The van der Waals surface area contributed by atoms with Crippen LogP contribution in [0.25, 0.3) is 0 Å². The van der Waals surface area contributed by atoms with Crippen LogP contribution in [0.3, 0.4) is 0 Å². The van der Waals surface area contributed by atoms with E-state index in [1.807, 2.05) is 30.3 Å². The molecule has 0 fully saturated rings. The number of rotatable bonds is 3. The van der Waals surface area contributed by atoms with Gasteiger partial charge in [-0.25, -0.2) is 0 Å². The zero-order valence-corrected chi connectivity index (χ0v) is 12.3. The number of hydrogen-bond acceptors (Lipinski definition) is 2. The van der Waals surface area contributed by atoms with E-state index in [0.29, 0.717) is 17.7 Å². The quantitative estimate of drug-likeness (QED) is 0.926. The van der Waals surface area contributed by atoms with Crippen LogP contribution in [0.2, 0.25) is 0 Å². The summed E-state index contributed by atoms with van der Waals surface area (Å²) < 4.78 is 41.2. The predicted molar refractivity (Wildman–Crippen MR) is 79.3 cm³/mol. The Kier molecular flexibility index (Phi) is 3.55. The lowest BCUT2D eigenvalue weighted by Gasteiger charge is -2.23. The van der Waals surface area contributed by atoms with Crippen LogP contribution < -0.4 is 10.1 Å². The first kappa shape index (κ1) is 15.4. The lowest BCUT2D eigenvalue weighted by Crippen LogP contribution is -2.33. The van der Waals surface area contributed by atoms with E-state index in [0.717, 1.165) is 5.56 Å². The molecule has 1 N–H and O–H groups in total. The van der Waals surface area contributed by atoms with Crippen LogP contribution in [-0.2, 0) is 16.6 Å². The number of ether oxygens (including phenoxy) is 1. The molecule has 1 aliphatic rings. The molecule has 0 aromatic heterocycles. The number of halogens is 3. The van der Waals surface area contributed by atoms with E-state index < -0.39 is 11.8 Å². The van der Waals surface area contributed by atoms with Gasteiger partial charge >= 0.3 is 6.36 Å². The largest absolute Gasteiger partial charge is 0.573 e. The summed E-state index contributed by atoms with van der Waals surface area (Å²) in [5, 5.41) is 2.72. The average Bonchev–Trinajstić information content (AvgIpc) is 2.70. The lowest BCUT2D eigenvalue weighted by atomic mass is 9.78. The van der Waals surface area contributed by atoms with E-state index >= 15 is 0 Å². The average molecular weight is 321 g/mol. The van der Waals surface area contributed by atoms with E-state index in [2.05, 4.69) is 10.1 Å². The van der Waals surface area contributed by atoms with Crippen LogP contribution >= 0.6 is 0 Å². The number of hydrogen-bond donors (Lipinski definition) is 1. The van der Waals surface area contributed by atoms with Gasteiger partial charge in [-0.15, -0.1) is 13.2 Å². The van der Waals surface area contributed by atoms with Crippen molar-refractivity contribution in [1.82, 2.24) is 0 Å². The molecule has 1 atom stereocenters. The Balaban J connectivity index is 1.98. The van der Waals surface area contributed by atoms with Crippen LogP contribution in [0, 0.1) is 0 Å². The van der Waals surface area contributed by atoms with E-state index in [4.69, 9.17) is 0 Å².